The molecule has 2 rings (SSSR count). The van der Waals surface area contributed by atoms with Gasteiger partial charge in [-0.25, -0.2) is 0 Å². The normalized spacial score (nSPS) is 11.0. The second kappa shape index (κ2) is 3.96. The largest absolute Gasteiger partial charge is 0.130 e. The molecule has 1 aromatic carbocycles. The van der Waals surface area contributed by atoms with E-state index >= 15 is 0 Å². The van der Waals surface area contributed by atoms with E-state index in [1.807, 2.05) is 6.07 Å². The van der Waals surface area contributed by atoms with Crippen LogP contribution in [0.1, 0.15) is 0 Å². The third-order valence-electron chi connectivity index (χ3n) is 1.75. The van der Waals surface area contributed by atoms with Crippen molar-refractivity contribution in [1.29, 1.82) is 0 Å². The molecular weight excluding hydrogens is 335 g/mol. The van der Waals surface area contributed by atoms with E-state index in [9.17, 15) is 0 Å². The molecule has 0 atom stereocenters. The predicted octanol–water partition coefficient (Wildman–Crippen LogP) is 4.88. The van der Waals surface area contributed by atoms with E-state index in [0.29, 0.717) is 0 Å². The summed E-state index contributed by atoms with van der Waals surface area (Å²) in [6.07, 6.45) is 2.09. The van der Waals surface area contributed by atoms with Gasteiger partial charge in [0.15, 0.2) is 0 Å². The lowest BCUT2D eigenvalue weighted by Gasteiger charge is -1.98. The fraction of sp³-hybridized carbons (Fsp3) is 0.111. The van der Waals surface area contributed by atoms with Crippen LogP contribution < -0.4 is 0 Å². The molecule has 0 radical (unpaired) electrons. The monoisotopic (exact) mass is 340 g/mol. The summed E-state index contributed by atoms with van der Waals surface area (Å²) in [5, 5.41) is 1.26. The SMILES string of the molecule is CSc1cc(I)c2sc(Cl)cc2c1. The number of rotatable bonds is 1. The van der Waals surface area contributed by atoms with Gasteiger partial charge in [0.05, 0.1) is 4.34 Å². The molecular formula is C9H6ClIS2. The molecule has 4 heteroatoms. The lowest BCUT2D eigenvalue weighted by Crippen LogP contribution is -1.74. The average molecular weight is 341 g/mol. The highest BCUT2D eigenvalue weighted by Crippen LogP contribution is 2.35. The molecule has 0 saturated carbocycles. The van der Waals surface area contributed by atoms with E-state index in [-0.39, 0.29) is 0 Å². The van der Waals surface area contributed by atoms with Gasteiger partial charge in [0.25, 0.3) is 0 Å². The summed E-state index contributed by atoms with van der Waals surface area (Å²) in [6.45, 7) is 0. The zero-order chi connectivity index (χ0) is 9.42. The Kier molecular flexibility index (Phi) is 3.07. The summed E-state index contributed by atoms with van der Waals surface area (Å²) in [4.78, 5) is 1.30. The molecule has 0 fully saturated rings. The standard InChI is InChI=1S/C9H6ClIS2/c1-12-6-2-5-3-8(10)13-9(5)7(11)4-6/h2-4H,1H3. The first-order valence-electron chi connectivity index (χ1n) is 3.63. The van der Waals surface area contributed by atoms with Crippen LogP contribution in [0.25, 0.3) is 10.1 Å². The molecule has 1 heterocycles. The number of hydrogen-bond donors (Lipinski definition) is 0. The summed E-state index contributed by atoms with van der Waals surface area (Å²) in [6, 6.07) is 6.41. The second-order valence-electron chi connectivity index (χ2n) is 2.58. The molecule has 0 unspecified atom stereocenters. The Labute approximate surface area is 104 Å². The highest BCUT2D eigenvalue weighted by Gasteiger charge is 2.05. The van der Waals surface area contributed by atoms with Crippen molar-refractivity contribution in [3.8, 4) is 0 Å². The minimum atomic E-state index is 0.867. The number of fused-ring (bicyclic) bond motifs is 1. The average Bonchev–Trinajstić information content (AvgIpc) is 2.46. The fourth-order valence-corrected chi connectivity index (χ4v) is 3.96. The van der Waals surface area contributed by atoms with Gasteiger partial charge in [-0.3, -0.25) is 0 Å². The maximum atomic E-state index is 5.96. The molecule has 0 amide bonds. The first-order chi connectivity index (χ1) is 6.20. The Morgan fingerprint density at radius 2 is 2.15 bits per heavy atom. The predicted molar refractivity (Wildman–Crippen MR) is 71.3 cm³/mol. The van der Waals surface area contributed by atoms with Crippen LogP contribution in [0.5, 0.6) is 0 Å². The molecule has 2 aromatic rings. The summed E-state index contributed by atoms with van der Waals surface area (Å²) < 4.78 is 3.45. The van der Waals surface area contributed by atoms with E-state index in [2.05, 4.69) is 41.0 Å². The quantitative estimate of drug-likeness (QED) is 0.526. The van der Waals surface area contributed by atoms with Gasteiger partial charge >= 0.3 is 0 Å². The van der Waals surface area contributed by atoms with Crippen LogP contribution in [0.3, 0.4) is 0 Å². The number of halogens is 2. The van der Waals surface area contributed by atoms with E-state index < -0.39 is 0 Å². The topological polar surface area (TPSA) is 0 Å². The van der Waals surface area contributed by atoms with Gasteiger partial charge in [0.1, 0.15) is 0 Å². The Morgan fingerprint density at radius 1 is 1.38 bits per heavy atom. The van der Waals surface area contributed by atoms with Crippen LogP contribution in [0.2, 0.25) is 4.34 Å². The first kappa shape index (κ1) is 10.1. The molecule has 0 aliphatic rings. The molecule has 0 saturated heterocycles. The maximum absolute atomic E-state index is 5.96. The minimum Gasteiger partial charge on any atom is -0.130 e. The zero-order valence-corrected chi connectivity index (χ0v) is 11.4. The molecule has 0 bridgehead atoms. The van der Waals surface area contributed by atoms with Gasteiger partial charge in [0, 0.05) is 13.2 Å². The van der Waals surface area contributed by atoms with E-state index in [0.717, 1.165) is 4.34 Å². The van der Waals surface area contributed by atoms with Crippen molar-refractivity contribution in [3.05, 3.63) is 26.1 Å². The van der Waals surface area contributed by atoms with Gasteiger partial charge in [-0.05, 0) is 52.4 Å². The molecule has 68 valence electrons. The highest BCUT2D eigenvalue weighted by atomic mass is 127. The van der Waals surface area contributed by atoms with Gasteiger partial charge in [-0.15, -0.1) is 23.1 Å². The van der Waals surface area contributed by atoms with Crippen molar-refractivity contribution in [2.75, 3.05) is 6.26 Å². The van der Waals surface area contributed by atoms with E-state index in [1.165, 1.54) is 18.6 Å². The third-order valence-corrected chi connectivity index (χ3v) is 4.99. The number of thioether (sulfide) groups is 1. The molecule has 0 nitrogen and oxygen atoms in total. The highest BCUT2D eigenvalue weighted by molar-refractivity contribution is 14.1. The summed E-state index contributed by atoms with van der Waals surface area (Å²) in [5.74, 6) is 0. The third kappa shape index (κ3) is 1.98. The van der Waals surface area contributed by atoms with Gasteiger partial charge < -0.3 is 0 Å². The van der Waals surface area contributed by atoms with Crippen molar-refractivity contribution in [1.82, 2.24) is 0 Å². The Hall–Kier alpha value is 0.550. The molecule has 0 aliphatic heterocycles. The van der Waals surface area contributed by atoms with Crippen LogP contribution in [0, 0.1) is 3.57 Å². The fourth-order valence-electron chi connectivity index (χ4n) is 1.17. The van der Waals surface area contributed by atoms with Gasteiger partial charge in [-0.1, -0.05) is 11.6 Å². The second-order valence-corrected chi connectivity index (χ2v) is 6.30. The first-order valence-corrected chi connectivity index (χ1v) is 7.13. The van der Waals surface area contributed by atoms with E-state index in [4.69, 9.17) is 11.6 Å². The van der Waals surface area contributed by atoms with Crippen LogP contribution in [-0.2, 0) is 0 Å². The van der Waals surface area contributed by atoms with Crippen molar-refractivity contribution >= 4 is 67.4 Å². The van der Waals surface area contributed by atoms with Crippen LogP contribution in [-0.4, -0.2) is 6.26 Å². The number of hydrogen-bond acceptors (Lipinski definition) is 2. The molecule has 0 aliphatic carbocycles. The van der Waals surface area contributed by atoms with Gasteiger partial charge in [0.2, 0.25) is 0 Å². The number of thiophene rings is 1. The van der Waals surface area contributed by atoms with Gasteiger partial charge in [-0.2, -0.15) is 0 Å². The molecule has 1 aromatic heterocycles. The molecule has 0 spiro atoms. The summed E-state index contributed by atoms with van der Waals surface area (Å²) in [5.41, 5.74) is 0. The van der Waals surface area contributed by atoms with Crippen LogP contribution in [0.4, 0.5) is 0 Å². The van der Waals surface area contributed by atoms with Crippen molar-refractivity contribution < 1.29 is 0 Å². The smallest absolute Gasteiger partial charge is 0.0941 e. The van der Waals surface area contributed by atoms with Crippen LogP contribution >= 0.6 is 57.3 Å². The Morgan fingerprint density at radius 3 is 2.85 bits per heavy atom. The maximum Gasteiger partial charge on any atom is 0.0941 e. The lowest BCUT2D eigenvalue weighted by molar-refractivity contribution is 1.50. The van der Waals surface area contributed by atoms with Crippen molar-refractivity contribution in [2.45, 2.75) is 4.90 Å². The number of benzene rings is 1. The van der Waals surface area contributed by atoms with E-state index in [1.54, 1.807) is 23.1 Å². The lowest BCUT2D eigenvalue weighted by atomic mass is 10.3. The zero-order valence-electron chi connectivity index (χ0n) is 6.80. The van der Waals surface area contributed by atoms with Crippen molar-refractivity contribution in [2.24, 2.45) is 0 Å². The summed E-state index contributed by atoms with van der Waals surface area (Å²) >= 11 is 11.7. The molecule has 13 heavy (non-hydrogen) atoms. The van der Waals surface area contributed by atoms with Crippen LogP contribution in [0.15, 0.2) is 23.1 Å². The Bertz CT molecular complexity index is 450. The molecule has 0 N–H and O–H groups in total. The van der Waals surface area contributed by atoms with Crippen molar-refractivity contribution in [3.63, 3.8) is 0 Å². The minimum absolute atomic E-state index is 0.867. The Balaban J connectivity index is 2.75. The summed E-state index contributed by atoms with van der Waals surface area (Å²) in [7, 11) is 0.